The van der Waals surface area contributed by atoms with Crippen LogP contribution in [0.4, 0.5) is 14.5 Å². The van der Waals surface area contributed by atoms with Crippen molar-refractivity contribution in [3.05, 3.63) is 58.4 Å². The van der Waals surface area contributed by atoms with Gasteiger partial charge in [-0.15, -0.1) is 0 Å². The second-order valence-electron chi connectivity index (χ2n) is 7.41. The molecule has 8 nitrogen and oxygen atoms in total. The molecule has 0 fully saturated rings. The summed E-state index contributed by atoms with van der Waals surface area (Å²) in [7, 11) is -3.15. The Hall–Kier alpha value is -2.60. The highest BCUT2D eigenvalue weighted by Gasteiger charge is 2.34. The number of rotatable bonds is 7. The van der Waals surface area contributed by atoms with E-state index in [-0.39, 0.29) is 16.0 Å². The van der Waals surface area contributed by atoms with Crippen molar-refractivity contribution in [1.29, 1.82) is 0 Å². The number of H-pyrrole nitrogens is 1. The number of anilines is 1. The molecule has 0 bridgehead atoms. The van der Waals surface area contributed by atoms with Gasteiger partial charge >= 0.3 is 10.2 Å². The number of carbonyl (C=O) groups is 1. The molecule has 0 aliphatic heterocycles. The highest BCUT2D eigenvalue weighted by molar-refractivity contribution is 7.90. The molecule has 2 heterocycles. The molecule has 3 aromatic rings. The average Bonchev–Trinajstić information content (AvgIpc) is 3.12. The number of pyridine rings is 1. The van der Waals surface area contributed by atoms with Crippen molar-refractivity contribution >= 4 is 44.3 Å². The lowest BCUT2D eigenvalue weighted by molar-refractivity contribution is 0.103. The summed E-state index contributed by atoms with van der Waals surface area (Å²) in [5.74, 6) is -3.57. The van der Waals surface area contributed by atoms with E-state index >= 15 is 4.39 Å². The maximum atomic E-state index is 15.1. The molecule has 0 atom stereocenters. The molecule has 0 aliphatic rings. The Bertz CT molecular complexity index is 1280. The third-order valence-corrected chi connectivity index (χ3v) is 6.80. The number of nitrogens with one attached hydrogen (secondary N) is 2. The van der Waals surface area contributed by atoms with E-state index in [1.165, 1.54) is 39.4 Å². The van der Waals surface area contributed by atoms with Gasteiger partial charge in [-0.2, -0.15) is 12.7 Å². The lowest BCUT2D eigenvalue weighted by Crippen LogP contribution is -2.49. The Labute approximate surface area is 182 Å². The van der Waals surface area contributed by atoms with E-state index in [4.69, 9.17) is 11.6 Å². The number of halogens is 3. The molecule has 0 saturated heterocycles. The van der Waals surface area contributed by atoms with Gasteiger partial charge in [0.25, 0.3) is 0 Å². The standard InChI is InChI=1S/C19H19ClF2N4O4S/c1-19(2,9-27)26(3)31(29,30)25-14-5-4-13(21)15(16(14)22)17(28)12-8-24-18-11(12)6-10(20)7-23-18/h4-8,25,27H,9H2,1-3H3,(H,23,24). The summed E-state index contributed by atoms with van der Waals surface area (Å²) in [5.41, 5.74) is -2.55. The Morgan fingerprint density at radius 2 is 2.03 bits per heavy atom. The van der Waals surface area contributed by atoms with E-state index < -0.39 is 51.0 Å². The van der Waals surface area contributed by atoms with Crippen LogP contribution in [0.5, 0.6) is 0 Å². The molecule has 0 saturated carbocycles. The SMILES string of the molecule is CN(C(C)(C)CO)S(=O)(=O)Nc1ccc(F)c(C(=O)c2c[nH]c3ncc(Cl)cc23)c1F. The first-order chi connectivity index (χ1) is 14.4. The number of likely N-dealkylation sites (N-methyl/N-ethyl adjacent to an activating group) is 1. The molecule has 0 spiro atoms. The first-order valence-electron chi connectivity index (χ1n) is 8.92. The Balaban J connectivity index is 2.05. The Morgan fingerprint density at radius 3 is 2.68 bits per heavy atom. The van der Waals surface area contributed by atoms with Crippen LogP contribution in [-0.4, -0.2) is 52.8 Å². The minimum absolute atomic E-state index is 0.0821. The zero-order valence-corrected chi connectivity index (χ0v) is 18.3. The molecular weight excluding hydrogens is 454 g/mol. The maximum Gasteiger partial charge on any atom is 0.302 e. The fourth-order valence-corrected chi connectivity index (χ4v) is 4.21. The zero-order chi connectivity index (χ0) is 23.1. The second kappa shape index (κ2) is 8.15. The van der Waals surface area contributed by atoms with Gasteiger partial charge in [0.1, 0.15) is 11.5 Å². The monoisotopic (exact) mass is 472 g/mol. The fraction of sp³-hybridized carbons (Fsp3) is 0.263. The van der Waals surface area contributed by atoms with Crippen LogP contribution in [-0.2, 0) is 10.2 Å². The van der Waals surface area contributed by atoms with Gasteiger partial charge in [-0.05, 0) is 32.0 Å². The number of aliphatic hydroxyl groups is 1. The molecule has 0 amide bonds. The van der Waals surface area contributed by atoms with E-state index in [2.05, 4.69) is 9.97 Å². The van der Waals surface area contributed by atoms with Crippen LogP contribution < -0.4 is 4.72 Å². The van der Waals surface area contributed by atoms with Crippen LogP contribution in [0.2, 0.25) is 5.02 Å². The maximum absolute atomic E-state index is 15.1. The topological polar surface area (TPSA) is 115 Å². The highest BCUT2D eigenvalue weighted by Crippen LogP contribution is 2.29. The molecule has 12 heteroatoms. The number of hydrogen-bond donors (Lipinski definition) is 3. The van der Waals surface area contributed by atoms with Crippen molar-refractivity contribution in [2.24, 2.45) is 0 Å². The number of aromatic nitrogens is 2. The van der Waals surface area contributed by atoms with Gasteiger partial charge in [0.15, 0.2) is 5.82 Å². The normalized spacial score (nSPS) is 12.5. The summed E-state index contributed by atoms with van der Waals surface area (Å²) in [6.45, 7) is 2.41. The largest absolute Gasteiger partial charge is 0.394 e. The molecular formula is C19H19ClF2N4O4S. The fourth-order valence-electron chi connectivity index (χ4n) is 2.77. The van der Waals surface area contributed by atoms with Crippen LogP contribution in [0, 0.1) is 11.6 Å². The summed E-state index contributed by atoms with van der Waals surface area (Å²) in [6, 6.07) is 3.07. The summed E-state index contributed by atoms with van der Waals surface area (Å²) in [5, 5.41) is 9.87. The lowest BCUT2D eigenvalue weighted by Gasteiger charge is -2.32. The third-order valence-electron chi connectivity index (χ3n) is 4.90. The number of aromatic amines is 1. The van der Waals surface area contributed by atoms with Gasteiger partial charge in [-0.1, -0.05) is 11.6 Å². The average molecular weight is 473 g/mol. The predicted octanol–water partition coefficient (Wildman–Crippen LogP) is 3.08. The van der Waals surface area contributed by atoms with E-state index in [0.717, 1.165) is 16.4 Å². The lowest BCUT2D eigenvalue weighted by atomic mass is 10.0. The van der Waals surface area contributed by atoms with E-state index in [1.54, 1.807) is 0 Å². The molecule has 31 heavy (non-hydrogen) atoms. The minimum atomic E-state index is -4.34. The molecule has 1 aromatic carbocycles. The summed E-state index contributed by atoms with van der Waals surface area (Å²) < 4.78 is 57.6. The molecule has 0 aliphatic carbocycles. The van der Waals surface area contributed by atoms with Crippen LogP contribution >= 0.6 is 11.6 Å². The summed E-state index contributed by atoms with van der Waals surface area (Å²) in [4.78, 5) is 19.7. The molecule has 3 rings (SSSR count). The molecule has 0 unspecified atom stereocenters. The van der Waals surface area contributed by atoms with E-state index in [1.807, 2.05) is 4.72 Å². The van der Waals surface area contributed by atoms with Crippen molar-refractivity contribution in [2.75, 3.05) is 18.4 Å². The van der Waals surface area contributed by atoms with Gasteiger partial charge in [0.05, 0.1) is 28.4 Å². The van der Waals surface area contributed by atoms with Crippen molar-refractivity contribution in [1.82, 2.24) is 14.3 Å². The Kier molecular flexibility index (Phi) is 6.07. The number of carbonyl (C=O) groups excluding carboxylic acids is 1. The second-order valence-corrected chi connectivity index (χ2v) is 9.55. The molecule has 2 aromatic heterocycles. The number of benzene rings is 1. The van der Waals surface area contributed by atoms with E-state index in [9.17, 15) is 22.7 Å². The zero-order valence-electron chi connectivity index (χ0n) is 16.7. The van der Waals surface area contributed by atoms with Gasteiger partial charge in [-0.3, -0.25) is 9.52 Å². The quantitative estimate of drug-likeness (QED) is 0.457. The number of hydrogen-bond acceptors (Lipinski definition) is 5. The van der Waals surface area contributed by atoms with Crippen molar-refractivity contribution < 1.29 is 27.1 Å². The highest BCUT2D eigenvalue weighted by atomic mass is 35.5. The van der Waals surface area contributed by atoms with E-state index in [0.29, 0.717) is 5.65 Å². The smallest absolute Gasteiger partial charge is 0.302 e. The molecule has 166 valence electrons. The number of ketones is 1. The molecule has 3 N–H and O–H groups in total. The molecule has 0 radical (unpaired) electrons. The van der Waals surface area contributed by atoms with Crippen molar-refractivity contribution in [3.8, 4) is 0 Å². The van der Waals surface area contributed by atoms with Crippen molar-refractivity contribution in [3.63, 3.8) is 0 Å². The number of fused-ring (bicyclic) bond motifs is 1. The minimum Gasteiger partial charge on any atom is -0.394 e. The third kappa shape index (κ3) is 4.26. The summed E-state index contributed by atoms with van der Waals surface area (Å²) in [6.07, 6.45) is 2.58. The summed E-state index contributed by atoms with van der Waals surface area (Å²) >= 11 is 5.90. The first kappa shape index (κ1) is 23.1. The number of aliphatic hydroxyl groups excluding tert-OH is 1. The van der Waals surface area contributed by atoms with Gasteiger partial charge in [-0.25, -0.2) is 13.8 Å². The van der Waals surface area contributed by atoms with Gasteiger partial charge in [0, 0.05) is 30.4 Å². The first-order valence-corrected chi connectivity index (χ1v) is 10.7. The predicted molar refractivity (Wildman–Crippen MR) is 112 cm³/mol. The van der Waals surface area contributed by atoms with Crippen molar-refractivity contribution in [2.45, 2.75) is 19.4 Å². The number of nitrogens with zero attached hydrogens (tertiary/aromatic N) is 2. The van der Waals surface area contributed by atoms with Gasteiger partial charge < -0.3 is 10.1 Å². The van der Waals surface area contributed by atoms with Crippen LogP contribution in [0.25, 0.3) is 11.0 Å². The van der Waals surface area contributed by atoms with Gasteiger partial charge in [0.2, 0.25) is 5.78 Å². The van der Waals surface area contributed by atoms with Crippen LogP contribution in [0.15, 0.2) is 30.6 Å². The van der Waals surface area contributed by atoms with Crippen LogP contribution in [0.1, 0.15) is 29.8 Å². The van der Waals surface area contributed by atoms with Crippen LogP contribution in [0.3, 0.4) is 0 Å². The Morgan fingerprint density at radius 1 is 1.35 bits per heavy atom.